The summed E-state index contributed by atoms with van der Waals surface area (Å²) in [6.07, 6.45) is -4.61. The molecular weight excluding hydrogens is 769 g/mol. The van der Waals surface area contributed by atoms with E-state index in [0.717, 1.165) is 59.4 Å². The van der Waals surface area contributed by atoms with Crippen molar-refractivity contribution in [2.45, 2.75) is 49.1 Å². The van der Waals surface area contributed by atoms with Crippen molar-refractivity contribution in [1.29, 1.82) is 0 Å². The zero-order chi connectivity index (χ0) is 42.2. The fraction of sp³-hybridized carbons (Fsp3) is 0.364. The van der Waals surface area contributed by atoms with Gasteiger partial charge in [0.2, 0.25) is 0 Å². The van der Waals surface area contributed by atoms with Crippen molar-refractivity contribution in [3.63, 3.8) is 0 Å². The van der Waals surface area contributed by atoms with Gasteiger partial charge in [0.05, 0.1) is 27.3 Å². The second kappa shape index (κ2) is 19.3. The average Bonchev–Trinajstić information content (AvgIpc) is 4.02. The van der Waals surface area contributed by atoms with E-state index in [1.165, 1.54) is 14.2 Å². The minimum atomic E-state index is -1.71. The monoisotopic (exact) mass is 816 g/mol. The first kappa shape index (κ1) is 42.8. The number of nitrogens with one attached hydrogen (secondary N) is 1. The van der Waals surface area contributed by atoms with Gasteiger partial charge in [0.1, 0.15) is 37.6 Å². The van der Waals surface area contributed by atoms with Crippen molar-refractivity contribution < 1.29 is 51.5 Å². The van der Waals surface area contributed by atoms with Crippen LogP contribution in [0.4, 0.5) is 22.8 Å². The van der Waals surface area contributed by atoms with E-state index >= 15 is 0 Å². The number of carbonyl (C=O) groups is 4. The lowest BCUT2D eigenvalue weighted by Crippen LogP contribution is -2.46. The molecule has 3 amide bonds. The zero-order valence-electron chi connectivity index (χ0n) is 33.2. The Labute approximate surface area is 340 Å². The number of benzene rings is 4. The largest absolute Gasteiger partial charge is 0.448 e. The van der Waals surface area contributed by atoms with Gasteiger partial charge in [0.15, 0.2) is 0 Å². The molecule has 0 saturated carbocycles. The Morgan fingerprint density at radius 2 is 0.983 bits per heavy atom. The summed E-state index contributed by atoms with van der Waals surface area (Å²) in [7, 11) is 6.06. The Kier molecular flexibility index (Phi) is 14.0. The third-order valence-electron chi connectivity index (χ3n) is 11.0. The highest BCUT2D eigenvalue weighted by Crippen LogP contribution is 2.46. The third kappa shape index (κ3) is 9.27. The summed E-state index contributed by atoms with van der Waals surface area (Å²) < 4.78 is 51.5. The quantitative estimate of drug-likeness (QED) is 0.148. The normalized spacial score (nSPS) is 19.9. The van der Waals surface area contributed by atoms with Gasteiger partial charge in [0, 0.05) is 38.8 Å². The molecule has 8 rings (SSSR count). The number of halogens is 3. The summed E-state index contributed by atoms with van der Waals surface area (Å²) in [6, 6.07) is 27.8. The van der Waals surface area contributed by atoms with Crippen LogP contribution in [0.5, 0.6) is 0 Å². The molecule has 4 atom stereocenters. The number of rotatable bonds is 8. The maximum atomic E-state index is 14.0. The number of nitrogens with zero attached hydrogens (tertiary/aromatic N) is 3. The first-order valence-corrected chi connectivity index (χ1v) is 19.2. The Morgan fingerprint density at radius 1 is 0.644 bits per heavy atom. The average molecular weight is 817 g/mol. The minimum absolute atomic E-state index is 0.0491. The van der Waals surface area contributed by atoms with E-state index < -0.39 is 48.6 Å². The molecule has 2 aliphatic carbocycles. The van der Waals surface area contributed by atoms with E-state index in [1.54, 1.807) is 14.2 Å². The Balaban J connectivity index is 0.000000183. The molecule has 0 unspecified atom stereocenters. The maximum Gasteiger partial charge on any atom is 0.410 e. The lowest BCUT2D eigenvalue weighted by molar-refractivity contribution is -0.173. The van der Waals surface area contributed by atoms with Gasteiger partial charge in [-0.2, -0.15) is 4.39 Å². The molecule has 15 heteroatoms. The molecule has 0 radical (unpaired) electrons. The van der Waals surface area contributed by atoms with E-state index in [4.69, 9.17) is 14.3 Å². The molecular formula is C44H47F3N4O8. The van der Waals surface area contributed by atoms with Gasteiger partial charge < -0.3 is 14.3 Å². The number of likely N-dealkylation sites (N-methyl/N-ethyl adjacent to an activating group) is 1. The molecule has 2 fully saturated rings. The predicted octanol–water partition coefficient (Wildman–Crippen LogP) is 6.98. The molecule has 4 aliphatic rings. The van der Waals surface area contributed by atoms with Crippen LogP contribution < -0.4 is 5.48 Å². The second-order valence-corrected chi connectivity index (χ2v) is 14.3. The summed E-state index contributed by atoms with van der Waals surface area (Å²) in [6.45, 7) is -0.309. The van der Waals surface area contributed by atoms with Gasteiger partial charge in [-0.15, -0.1) is 0 Å². The van der Waals surface area contributed by atoms with Crippen molar-refractivity contribution in [1.82, 2.24) is 20.3 Å². The molecule has 4 aromatic carbocycles. The highest BCUT2D eigenvalue weighted by atomic mass is 19.1. The number of hydrogen-bond donors (Lipinski definition) is 1. The number of hydroxylamine groups is 3. The third-order valence-corrected chi connectivity index (χ3v) is 11.0. The second-order valence-electron chi connectivity index (χ2n) is 14.3. The van der Waals surface area contributed by atoms with Crippen LogP contribution in [0.2, 0.25) is 0 Å². The van der Waals surface area contributed by atoms with Gasteiger partial charge in [0.25, 0.3) is 5.91 Å². The highest BCUT2D eigenvalue weighted by Gasteiger charge is 2.43. The molecule has 12 nitrogen and oxygen atoms in total. The molecule has 1 N–H and O–H groups in total. The van der Waals surface area contributed by atoms with Gasteiger partial charge >= 0.3 is 18.2 Å². The van der Waals surface area contributed by atoms with Crippen molar-refractivity contribution in [2.75, 3.05) is 54.6 Å². The Hall–Kier alpha value is -5.77. The molecule has 2 aliphatic heterocycles. The number of ether oxygens (including phenoxy) is 2. The lowest BCUT2D eigenvalue weighted by atomic mass is 9.98. The zero-order valence-corrected chi connectivity index (χ0v) is 33.2. The van der Waals surface area contributed by atoms with E-state index in [9.17, 15) is 32.3 Å². The SMILES string of the molecule is CNOC.CON(C)C(=O)[C@@H]1C[C@H](F)CN1C(=O)OCC1c2ccccc2-c2ccccc21.O=C(F)[C@@H]1C[C@H](F)CN1C(=O)OCC1c2ccccc2-c2ccccc21. The van der Waals surface area contributed by atoms with Crippen molar-refractivity contribution in [2.24, 2.45) is 0 Å². The summed E-state index contributed by atoms with van der Waals surface area (Å²) >= 11 is 0. The molecule has 0 aromatic heterocycles. The van der Waals surface area contributed by atoms with Gasteiger partial charge in [-0.05, 0) is 44.5 Å². The number of likely N-dealkylation sites (tertiary alicyclic amines) is 2. The van der Waals surface area contributed by atoms with Crippen molar-refractivity contribution in [3.05, 3.63) is 119 Å². The van der Waals surface area contributed by atoms with Crippen molar-refractivity contribution in [3.8, 4) is 22.3 Å². The number of amides is 3. The smallest absolute Gasteiger partial charge is 0.410 e. The number of fused-ring (bicyclic) bond motifs is 6. The van der Waals surface area contributed by atoms with Crippen LogP contribution in [0.15, 0.2) is 97.1 Å². The first-order valence-electron chi connectivity index (χ1n) is 19.2. The van der Waals surface area contributed by atoms with Crippen LogP contribution in [-0.2, 0) is 28.7 Å². The lowest BCUT2D eigenvalue weighted by Gasteiger charge is -2.26. The Bertz CT molecular complexity index is 2050. The van der Waals surface area contributed by atoms with E-state index in [1.807, 2.05) is 84.9 Å². The fourth-order valence-corrected chi connectivity index (χ4v) is 8.08. The van der Waals surface area contributed by atoms with Crippen LogP contribution in [0, 0.1) is 0 Å². The van der Waals surface area contributed by atoms with E-state index in [-0.39, 0.29) is 51.0 Å². The summed E-state index contributed by atoms with van der Waals surface area (Å²) in [5.74, 6) is -0.707. The van der Waals surface area contributed by atoms with E-state index in [2.05, 4.69) is 22.5 Å². The van der Waals surface area contributed by atoms with Crippen molar-refractivity contribution >= 4 is 24.1 Å². The van der Waals surface area contributed by atoms with Crippen LogP contribution >= 0.6 is 0 Å². The first-order chi connectivity index (χ1) is 28.5. The molecule has 0 bridgehead atoms. The summed E-state index contributed by atoms with van der Waals surface area (Å²) in [5, 5.41) is 1.01. The standard InChI is InChI=1S/C22H23FN2O4.C20H17F2NO3.C2H7NO/c1-24(28-2)21(26)20-11-14(23)12-25(20)22(27)29-13-19-17-9-5-3-7-15(17)16-8-4-6-10-18(16)19;21-12-9-18(19(22)24)23(10-12)20(25)26-11-17-15-7-3-1-5-13(15)14-6-2-4-8-16(14)17;1-3-4-2/h3-10,14,19-20H,11-13H2,1-2H3;1-8,12,17-18H,9-11H2;3H,1-2H3/t14-,20-;12-,18-;/m00./s1. The topological polar surface area (TPSA) is 127 Å². The highest BCUT2D eigenvalue weighted by molar-refractivity contribution is 5.86. The number of alkyl halides is 2. The molecule has 2 heterocycles. The molecule has 2 saturated heterocycles. The van der Waals surface area contributed by atoms with Crippen LogP contribution in [0.25, 0.3) is 22.3 Å². The minimum Gasteiger partial charge on any atom is -0.448 e. The number of hydrogen-bond acceptors (Lipinski definition) is 9. The van der Waals surface area contributed by atoms with Gasteiger partial charge in [-0.1, -0.05) is 97.1 Å². The van der Waals surface area contributed by atoms with Crippen LogP contribution in [0.3, 0.4) is 0 Å². The molecule has 4 aromatic rings. The Morgan fingerprint density at radius 3 is 1.32 bits per heavy atom. The van der Waals surface area contributed by atoms with E-state index in [0.29, 0.717) is 0 Å². The predicted molar refractivity (Wildman–Crippen MR) is 212 cm³/mol. The molecule has 0 spiro atoms. The summed E-state index contributed by atoms with van der Waals surface area (Å²) in [5.41, 5.74) is 11.1. The van der Waals surface area contributed by atoms with Gasteiger partial charge in [-0.3, -0.25) is 24.2 Å². The molecule has 312 valence electrons. The maximum absolute atomic E-state index is 14.0. The van der Waals surface area contributed by atoms with Gasteiger partial charge in [-0.25, -0.2) is 28.9 Å². The number of carbonyl (C=O) groups excluding carboxylic acids is 4. The van der Waals surface area contributed by atoms with Crippen LogP contribution in [0.1, 0.15) is 46.9 Å². The molecule has 59 heavy (non-hydrogen) atoms. The fourth-order valence-electron chi connectivity index (χ4n) is 8.08. The summed E-state index contributed by atoms with van der Waals surface area (Å²) in [4.78, 5) is 59.6. The van der Waals surface area contributed by atoms with Crippen LogP contribution in [-0.4, -0.2) is 118 Å².